The average molecular weight is 227 g/mol. The first-order chi connectivity index (χ1) is 7.36. The maximum atomic E-state index is 10.5. The summed E-state index contributed by atoms with van der Waals surface area (Å²) in [4.78, 5) is 10.5. The van der Waals surface area contributed by atoms with Gasteiger partial charge >= 0.3 is 5.97 Å². The lowest BCUT2D eigenvalue weighted by molar-refractivity contribution is -0.132. The van der Waals surface area contributed by atoms with Gasteiger partial charge in [0.15, 0.2) is 0 Å². The Hall–Kier alpha value is -0.830. The number of hydrogen-bond donors (Lipinski definition) is 2. The van der Waals surface area contributed by atoms with E-state index in [0.717, 1.165) is 6.54 Å². The van der Waals surface area contributed by atoms with Gasteiger partial charge in [0.25, 0.3) is 0 Å². The first kappa shape index (κ1) is 15.2. The monoisotopic (exact) mass is 227 g/mol. The zero-order valence-corrected chi connectivity index (χ0v) is 11.1. The van der Waals surface area contributed by atoms with Gasteiger partial charge in [-0.1, -0.05) is 33.8 Å². The number of carboxylic acid groups (broad SMARTS) is 1. The molecule has 0 unspecified atom stereocenters. The van der Waals surface area contributed by atoms with Gasteiger partial charge in [-0.15, -0.1) is 0 Å². The van der Waals surface area contributed by atoms with Gasteiger partial charge in [0.05, 0.1) is 0 Å². The molecular formula is C13H25NO2. The summed E-state index contributed by atoms with van der Waals surface area (Å²) < 4.78 is 0. The summed E-state index contributed by atoms with van der Waals surface area (Å²) >= 11 is 0. The molecule has 0 radical (unpaired) electrons. The second kappa shape index (κ2) is 7.44. The fourth-order valence-corrected chi connectivity index (χ4v) is 1.80. The van der Waals surface area contributed by atoms with E-state index < -0.39 is 5.97 Å². The largest absolute Gasteiger partial charge is 0.478 e. The molecule has 0 fully saturated rings. The maximum absolute atomic E-state index is 10.5. The van der Waals surface area contributed by atoms with Crippen molar-refractivity contribution in [1.29, 1.82) is 0 Å². The predicted octanol–water partition coefficient (Wildman–Crippen LogP) is 2.54. The highest BCUT2D eigenvalue weighted by molar-refractivity contribution is 5.85. The maximum Gasteiger partial charge on any atom is 0.330 e. The van der Waals surface area contributed by atoms with Gasteiger partial charge in [-0.25, -0.2) is 4.79 Å². The van der Waals surface area contributed by atoms with Crippen molar-refractivity contribution in [2.75, 3.05) is 13.1 Å². The molecule has 94 valence electrons. The highest BCUT2D eigenvalue weighted by Gasteiger charge is 2.16. The molecule has 0 aliphatic heterocycles. The molecule has 3 heteroatoms. The van der Waals surface area contributed by atoms with Gasteiger partial charge in [-0.2, -0.15) is 0 Å². The Balaban J connectivity index is 3.97. The van der Waals surface area contributed by atoms with Gasteiger partial charge in [0.2, 0.25) is 0 Å². The lowest BCUT2D eigenvalue weighted by Gasteiger charge is -2.24. The van der Waals surface area contributed by atoms with Crippen LogP contribution in [-0.4, -0.2) is 24.2 Å². The molecule has 3 nitrogen and oxygen atoms in total. The molecule has 0 aromatic carbocycles. The van der Waals surface area contributed by atoms with Gasteiger partial charge < -0.3 is 10.4 Å². The lowest BCUT2D eigenvalue weighted by Crippen LogP contribution is -2.30. The third-order valence-corrected chi connectivity index (χ3v) is 2.98. The summed E-state index contributed by atoms with van der Waals surface area (Å²) in [5, 5.41) is 12.0. The van der Waals surface area contributed by atoms with E-state index in [9.17, 15) is 4.79 Å². The summed E-state index contributed by atoms with van der Waals surface area (Å²) in [6.07, 6.45) is 1.72. The number of carbonyl (C=O) groups is 1. The zero-order chi connectivity index (χ0) is 12.7. The van der Waals surface area contributed by atoms with Crippen LogP contribution < -0.4 is 5.32 Å². The fourth-order valence-electron chi connectivity index (χ4n) is 1.80. The molecule has 0 spiro atoms. The van der Waals surface area contributed by atoms with Crippen LogP contribution in [0.2, 0.25) is 0 Å². The number of hydrogen-bond acceptors (Lipinski definition) is 2. The van der Waals surface area contributed by atoms with Gasteiger partial charge in [-0.3, -0.25) is 0 Å². The van der Waals surface area contributed by atoms with E-state index in [1.807, 2.05) is 0 Å². The molecule has 0 aliphatic carbocycles. The lowest BCUT2D eigenvalue weighted by atomic mass is 9.85. The van der Waals surface area contributed by atoms with Crippen LogP contribution in [0, 0.1) is 17.8 Å². The molecule has 16 heavy (non-hydrogen) atoms. The van der Waals surface area contributed by atoms with Crippen molar-refractivity contribution in [3.63, 3.8) is 0 Å². The second-order valence-electron chi connectivity index (χ2n) is 5.00. The van der Waals surface area contributed by atoms with Crippen LogP contribution in [0.1, 0.15) is 34.6 Å². The normalized spacial score (nSPS) is 12.9. The highest BCUT2D eigenvalue weighted by atomic mass is 16.4. The smallest absolute Gasteiger partial charge is 0.330 e. The second-order valence-corrected chi connectivity index (χ2v) is 5.00. The van der Waals surface area contributed by atoms with Crippen molar-refractivity contribution < 1.29 is 9.90 Å². The van der Waals surface area contributed by atoms with E-state index in [1.54, 1.807) is 13.0 Å². The highest BCUT2D eigenvalue weighted by Crippen LogP contribution is 2.19. The minimum absolute atomic E-state index is 0.401. The fraction of sp³-hybridized carbons (Fsp3) is 0.769. The number of nitrogens with one attached hydrogen (secondary N) is 1. The van der Waals surface area contributed by atoms with E-state index in [-0.39, 0.29) is 0 Å². The van der Waals surface area contributed by atoms with Crippen LogP contribution in [0.4, 0.5) is 0 Å². The van der Waals surface area contributed by atoms with E-state index in [0.29, 0.717) is 29.9 Å². The molecule has 0 amide bonds. The summed E-state index contributed by atoms with van der Waals surface area (Å²) in [6.45, 7) is 12.1. The average Bonchev–Trinajstić information content (AvgIpc) is 2.15. The Morgan fingerprint density at radius 1 is 1.25 bits per heavy atom. The summed E-state index contributed by atoms with van der Waals surface area (Å²) in [6, 6.07) is 0. The van der Waals surface area contributed by atoms with Gasteiger partial charge in [-0.05, 0) is 31.2 Å². The molecule has 0 bridgehead atoms. The predicted molar refractivity (Wildman–Crippen MR) is 67.4 cm³/mol. The SMILES string of the molecule is C/C(=C/CNCC(C(C)C)C(C)C)C(=O)O. The molecule has 0 aromatic heterocycles. The van der Waals surface area contributed by atoms with Crippen molar-refractivity contribution in [1.82, 2.24) is 5.32 Å². The summed E-state index contributed by atoms with van der Waals surface area (Å²) in [5.41, 5.74) is 0.401. The molecular weight excluding hydrogens is 202 g/mol. The Morgan fingerprint density at radius 2 is 1.75 bits per heavy atom. The third-order valence-electron chi connectivity index (χ3n) is 2.98. The van der Waals surface area contributed by atoms with Crippen molar-refractivity contribution in [3.8, 4) is 0 Å². The molecule has 0 saturated carbocycles. The van der Waals surface area contributed by atoms with Gasteiger partial charge in [0, 0.05) is 12.1 Å². The first-order valence-electron chi connectivity index (χ1n) is 5.97. The van der Waals surface area contributed by atoms with Crippen molar-refractivity contribution in [2.24, 2.45) is 17.8 Å². The molecule has 0 atom stereocenters. The number of aliphatic carboxylic acids is 1. The Labute approximate surface area is 98.9 Å². The molecule has 0 heterocycles. The third kappa shape index (κ3) is 5.91. The Bertz CT molecular complexity index is 236. The first-order valence-corrected chi connectivity index (χ1v) is 5.97. The van der Waals surface area contributed by atoms with Crippen molar-refractivity contribution >= 4 is 5.97 Å². The topological polar surface area (TPSA) is 49.3 Å². The number of rotatable bonds is 7. The van der Waals surface area contributed by atoms with Crippen LogP contribution in [0.3, 0.4) is 0 Å². The standard InChI is InChI=1S/C13H25NO2/c1-9(2)12(10(3)4)8-14-7-6-11(5)13(15)16/h6,9-10,12,14H,7-8H2,1-5H3,(H,15,16)/b11-6-. The van der Waals surface area contributed by atoms with Gasteiger partial charge in [0.1, 0.15) is 0 Å². The van der Waals surface area contributed by atoms with Crippen molar-refractivity contribution in [3.05, 3.63) is 11.6 Å². The zero-order valence-electron chi connectivity index (χ0n) is 11.1. The molecule has 2 N–H and O–H groups in total. The Kier molecular flexibility index (Phi) is 7.06. The van der Waals surface area contributed by atoms with E-state index in [2.05, 4.69) is 33.0 Å². The summed E-state index contributed by atoms with van der Waals surface area (Å²) in [5.74, 6) is 1.10. The van der Waals surface area contributed by atoms with E-state index >= 15 is 0 Å². The van der Waals surface area contributed by atoms with Crippen molar-refractivity contribution in [2.45, 2.75) is 34.6 Å². The molecule has 0 rings (SSSR count). The van der Waals surface area contributed by atoms with Crippen LogP contribution in [-0.2, 0) is 4.79 Å². The van der Waals surface area contributed by atoms with Crippen LogP contribution in [0.15, 0.2) is 11.6 Å². The molecule has 0 aromatic rings. The quantitative estimate of drug-likeness (QED) is 0.519. The van der Waals surface area contributed by atoms with E-state index in [4.69, 9.17) is 5.11 Å². The van der Waals surface area contributed by atoms with Crippen LogP contribution in [0.5, 0.6) is 0 Å². The minimum Gasteiger partial charge on any atom is -0.478 e. The van der Waals surface area contributed by atoms with Crippen LogP contribution in [0.25, 0.3) is 0 Å². The summed E-state index contributed by atoms with van der Waals surface area (Å²) in [7, 11) is 0. The van der Waals surface area contributed by atoms with E-state index in [1.165, 1.54) is 0 Å². The Morgan fingerprint density at radius 3 is 2.12 bits per heavy atom. The molecule has 0 saturated heterocycles. The molecule has 0 aliphatic rings. The van der Waals surface area contributed by atoms with Crippen LogP contribution >= 0.6 is 0 Å². The number of carboxylic acids is 1. The minimum atomic E-state index is -0.842.